The molecule has 0 fully saturated rings. The minimum absolute atomic E-state index is 0.0719. The Balaban J connectivity index is 1.24. The average Bonchev–Trinajstić information content (AvgIpc) is 3.88. The molecule has 1 aromatic heterocycles. The third-order valence-electron chi connectivity index (χ3n) is 9.57. The van der Waals surface area contributed by atoms with Gasteiger partial charge in [-0.2, -0.15) is 0 Å². The van der Waals surface area contributed by atoms with Crippen LogP contribution in [0.2, 0.25) is 0 Å². The molecule has 0 spiro atoms. The highest BCUT2D eigenvalue weighted by atomic mass is 32.2. The van der Waals surface area contributed by atoms with Crippen molar-refractivity contribution in [1.82, 2.24) is 20.9 Å². The van der Waals surface area contributed by atoms with Crippen LogP contribution >= 0.6 is 34.9 Å². The number of nitrogens with zero attached hydrogens (tertiary/aromatic N) is 2. The summed E-state index contributed by atoms with van der Waals surface area (Å²) >= 11 is 4.61. The molecule has 0 bridgehead atoms. The number of esters is 1. The fraction of sp³-hybridized carbons (Fsp3) is 0.391. The van der Waals surface area contributed by atoms with Gasteiger partial charge in [-0.15, -0.1) is 34.9 Å². The number of rotatable bonds is 18. The first-order valence-electron chi connectivity index (χ1n) is 19.9. The quantitative estimate of drug-likeness (QED) is 0.0389. The van der Waals surface area contributed by atoms with Crippen LogP contribution in [-0.2, 0) is 35.1 Å². The van der Waals surface area contributed by atoms with Crippen LogP contribution in [0.1, 0.15) is 81.8 Å². The number of alkyl carbamates (subject to hydrolysis) is 1. The zero-order chi connectivity index (χ0) is 43.3. The van der Waals surface area contributed by atoms with E-state index < -0.39 is 51.8 Å². The molecule has 14 heteroatoms. The first-order chi connectivity index (χ1) is 28.6. The minimum atomic E-state index is -1.15. The van der Waals surface area contributed by atoms with Gasteiger partial charge >= 0.3 is 12.1 Å². The van der Waals surface area contributed by atoms with Gasteiger partial charge in [0.15, 0.2) is 0 Å². The van der Waals surface area contributed by atoms with Gasteiger partial charge in [-0.25, -0.2) is 9.78 Å². The number of amides is 3. The van der Waals surface area contributed by atoms with Crippen molar-refractivity contribution in [1.29, 1.82) is 0 Å². The van der Waals surface area contributed by atoms with E-state index in [0.29, 0.717) is 27.9 Å². The van der Waals surface area contributed by atoms with Gasteiger partial charge in [-0.3, -0.25) is 19.4 Å². The molecule has 5 rings (SSSR count). The highest BCUT2D eigenvalue weighted by molar-refractivity contribution is 8.14. The van der Waals surface area contributed by atoms with Crippen molar-refractivity contribution in [2.75, 3.05) is 18.6 Å². The number of ether oxygens (including phenoxy) is 2. The fourth-order valence-electron chi connectivity index (χ4n) is 6.54. The molecular formula is C46H55N5O6S3. The van der Waals surface area contributed by atoms with Crippen molar-refractivity contribution in [3.05, 3.63) is 136 Å². The number of carbonyl (C=O) groups excluding carboxylic acids is 4. The summed E-state index contributed by atoms with van der Waals surface area (Å²) in [4.78, 5) is 61.7. The van der Waals surface area contributed by atoms with Crippen molar-refractivity contribution in [3.63, 3.8) is 0 Å². The lowest BCUT2D eigenvalue weighted by molar-refractivity contribution is -0.141. The summed E-state index contributed by atoms with van der Waals surface area (Å²) in [5.41, 5.74) is 2.36. The molecule has 318 valence electrons. The maximum atomic E-state index is 13.9. The van der Waals surface area contributed by atoms with Gasteiger partial charge in [0.25, 0.3) is 0 Å². The summed E-state index contributed by atoms with van der Waals surface area (Å²) in [5, 5.41) is 11.8. The Hall–Kier alpha value is -4.92. The Labute approximate surface area is 366 Å². The summed E-state index contributed by atoms with van der Waals surface area (Å²) in [6.07, 6.45) is 3.88. The molecule has 3 N–H and O–H groups in total. The van der Waals surface area contributed by atoms with Gasteiger partial charge in [-0.1, -0.05) is 117 Å². The zero-order valence-electron chi connectivity index (χ0n) is 35.2. The highest BCUT2D eigenvalue weighted by Crippen LogP contribution is 2.48. The Bertz CT molecular complexity index is 2020. The van der Waals surface area contributed by atoms with E-state index in [9.17, 15) is 19.2 Å². The van der Waals surface area contributed by atoms with Crippen LogP contribution in [0.5, 0.6) is 0 Å². The first kappa shape index (κ1) is 46.2. The minimum Gasteiger partial charge on any atom is -0.469 e. The molecule has 4 aromatic rings. The van der Waals surface area contributed by atoms with E-state index in [1.165, 1.54) is 46.9 Å². The maximum absolute atomic E-state index is 13.9. The summed E-state index contributed by atoms with van der Waals surface area (Å²) < 4.78 is 9.82. The molecule has 0 saturated heterocycles. The molecular weight excluding hydrogens is 815 g/mol. The van der Waals surface area contributed by atoms with Crippen molar-refractivity contribution < 1.29 is 28.7 Å². The van der Waals surface area contributed by atoms with Crippen LogP contribution in [0.4, 0.5) is 4.79 Å². The Morgan fingerprint density at radius 3 is 2.02 bits per heavy atom. The van der Waals surface area contributed by atoms with Crippen LogP contribution in [0.25, 0.3) is 0 Å². The summed E-state index contributed by atoms with van der Waals surface area (Å²) in [6.45, 7) is 11.0. The second kappa shape index (κ2) is 21.0. The molecule has 2 heterocycles. The van der Waals surface area contributed by atoms with Gasteiger partial charge < -0.3 is 25.4 Å². The third kappa shape index (κ3) is 12.3. The fourth-order valence-corrected chi connectivity index (χ4v) is 9.93. The molecule has 1 aliphatic rings. The molecule has 0 aliphatic carbocycles. The number of methoxy groups -OCH3 is 1. The standard InChI is InChI=1S/C46H55N5O6S3/c1-31(2)39(50-42(54)45(6)30-59-41(51-45)36-29-58-37(49-36)28-47-43(55)57-44(3,4)5)40(53)48-35(27-38(52)56-7)25-17-18-26-60-46(32-19-11-8-12-20-32,33-21-13-9-14-22-33)34-23-15-10-16-24-34/h8-17,19-25,29,31,35,39H,18,26-28,30H2,1-7H3,(H,47,55)(H,48,53)(H,50,54)/b25-17+/t35?,39?,45-/m0/s1. The lowest BCUT2D eigenvalue weighted by atomic mass is 9.84. The summed E-state index contributed by atoms with van der Waals surface area (Å²) in [5.74, 6) is -0.448. The normalized spacial score (nSPS) is 16.5. The predicted molar refractivity (Wildman–Crippen MR) is 243 cm³/mol. The number of aliphatic imine (C=N–C) groups is 1. The predicted octanol–water partition coefficient (Wildman–Crippen LogP) is 8.28. The number of aromatic nitrogens is 1. The molecule has 0 radical (unpaired) electrons. The number of allylic oxidation sites excluding steroid dienone is 1. The Morgan fingerprint density at radius 2 is 1.48 bits per heavy atom. The van der Waals surface area contributed by atoms with Crippen molar-refractivity contribution in [3.8, 4) is 0 Å². The van der Waals surface area contributed by atoms with E-state index in [0.717, 1.165) is 5.75 Å². The molecule has 3 aromatic carbocycles. The van der Waals surface area contributed by atoms with Crippen LogP contribution in [0.15, 0.2) is 114 Å². The number of hydrogen-bond donors (Lipinski definition) is 3. The van der Waals surface area contributed by atoms with Gasteiger partial charge in [0.05, 0.1) is 30.9 Å². The molecule has 11 nitrogen and oxygen atoms in total. The molecule has 0 saturated carbocycles. The third-order valence-corrected chi connectivity index (χ3v) is 13.3. The number of carbonyl (C=O) groups is 4. The van der Waals surface area contributed by atoms with Crippen LogP contribution in [0.3, 0.4) is 0 Å². The largest absolute Gasteiger partial charge is 0.469 e. The highest BCUT2D eigenvalue weighted by Gasteiger charge is 2.41. The molecule has 2 unspecified atom stereocenters. The van der Waals surface area contributed by atoms with Crippen LogP contribution < -0.4 is 16.0 Å². The van der Waals surface area contributed by atoms with Crippen LogP contribution in [-0.4, -0.2) is 75.7 Å². The van der Waals surface area contributed by atoms with E-state index >= 15 is 0 Å². The second-order valence-corrected chi connectivity index (χ2v) is 19.1. The van der Waals surface area contributed by atoms with E-state index in [1.54, 1.807) is 27.7 Å². The average molecular weight is 870 g/mol. The first-order valence-corrected chi connectivity index (χ1v) is 22.8. The smallest absolute Gasteiger partial charge is 0.408 e. The van der Waals surface area contributed by atoms with E-state index in [4.69, 9.17) is 14.5 Å². The monoisotopic (exact) mass is 869 g/mol. The number of thioether (sulfide) groups is 2. The van der Waals surface area contributed by atoms with Crippen molar-refractivity contribution in [2.24, 2.45) is 10.9 Å². The van der Waals surface area contributed by atoms with Crippen molar-refractivity contribution >= 4 is 63.8 Å². The van der Waals surface area contributed by atoms with Gasteiger partial charge in [-0.05, 0) is 62.5 Å². The van der Waals surface area contributed by atoms with Crippen molar-refractivity contribution in [2.45, 2.75) is 88.9 Å². The van der Waals surface area contributed by atoms with E-state index in [2.05, 4.69) is 93.7 Å². The lowest BCUT2D eigenvalue weighted by Gasteiger charge is -2.35. The molecule has 3 atom stereocenters. The van der Waals surface area contributed by atoms with Gasteiger partial charge in [0.2, 0.25) is 11.8 Å². The zero-order valence-corrected chi connectivity index (χ0v) is 37.7. The van der Waals surface area contributed by atoms with Gasteiger partial charge in [0, 0.05) is 11.1 Å². The SMILES string of the molecule is COC(=O)CC(/C=C/CCSC(c1ccccc1)(c1ccccc1)c1ccccc1)NC(=O)C(NC(=O)[C@]1(C)CSC(c2csc(CNC(=O)OC(C)(C)C)n2)=N1)C(C)C. The van der Waals surface area contributed by atoms with E-state index in [-0.39, 0.29) is 18.9 Å². The van der Waals surface area contributed by atoms with Gasteiger partial charge in [0.1, 0.15) is 32.9 Å². The number of thiazole rings is 1. The number of hydrogen-bond acceptors (Lipinski definition) is 11. The summed E-state index contributed by atoms with van der Waals surface area (Å²) in [6, 6.07) is 29.9. The Morgan fingerprint density at radius 1 is 0.900 bits per heavy atom. The number of benzene rings is 3. The van der Waals surface area contributed by atoms with E-state index in [1.807, 2.05) is 61.3 Å². The molecule has 60 heavy (non-hydrogen) atoms. The lowest BCUT2D eigenvalue weighted by Crippen LogP contribution is -2.56. The molecule has 3 amide bonds. The second-order valence-electron chi connectivity index (χ2n) is 15.9. The topological polar surface area (TPSA) is 148 Å². The molecule has 1 aliphatic heterocycles. The van der Waals surface area contributed by atoms with Crippen LogP contribution in [0, 0.1) is 5.92 Å². The maximum Gasteiger partial charge on any atom is 0.408 e. The Kier molecular flexibility index (Phi) is 16.2. The number of nitrogens with one attached hydrogen (secondary N) is 3. The summed E-state index contributed by atoms with van der Waals surface area (Å²) in [7, 11) is 1.32.